The van der Waals surface area contributed by atoms with E-state index >= 15 is 0 Å². The van der Waals surface area contributed by atoms with Crippen LogP contribution in [0.15, 0.2) is 58.3 Å². The number of hydrogen-bond donors (Lipinski definition) is 3. The number of benzene rings is 2. The fraction of sp³-hybridized carbons (Fsp3) is 0.158. The molecule has 3 aromatic rings. The first-order valence-corrected chi connectivity index (χ1v) is 8.91. The fourth-order valence-corrected chi connectivity index (χ4v) is 2.27. The number of nitrogens with one attached hydrogen (secondary N) is 2. The van der Waals surface area contributed by atoms with Crippen LogP contribution in [-0.2, 0) is 0 Å². The number of H-pyrrole nitrogens is 2. The third-order valence-electron chi connectivity index (χ3n) is 3.09. The predicted molar refractivity (Wildman–Crippen MR) is 112 cm³/mol. The number of halogens is 1. The van der Waals surface area contributed by atoms with Crippen LogP contribution in [0.4, 0.5) is 5.69 Å². The third-order valence-corrected chi connectivity index (χ3v) is 3.54. The Bertz CT molecular complexity index is 1020. The molecule has 0 spiro atoms. The molecule has 0 saturated carbocycles. The number of hydrogen-bond acceptors (Lipinski definition) is 5. The second-order valence-corrected chi connectivity index (χ2v) is 6.62. The molecular formula is C19H19ClN4O2S. The largest absolute Gasteiger partial charge is 0.394 e. The average molecular weight is 403 g/mol. The number of aliphatic hydroxyl groups is 1. The standard InChI is InChI=1S/C16H11ClN4OS.C3H8O/c17-11-7-5-10(6-8-11)9-18-13-4-2-1-3-12(13)14-15(22)19-16(23)21-20-14;1-3(2)4/h1-9H,(H2,19,21,22,23);3-4H,1-2H3. The summed E-state index contributed by atoms with van der Waals surface area (Å²) in [6, 6.07) is 14.6. The van der Waals surface area contributed by atoms with Crippen LogP contribution in [0.25, 0.3) is 11.3 Å². The number of aliphatic hydroxyl groups excluding tert-OH is 1. The van der Waals surface area contributed by atoms with Crippen LogP contribution in [0.1, 0.15) is 19.4 Å². The number of para-hydroxylation sites is 1. The van der Waals surface area contributed by atoms with Crippen molar-refractivity contribution in [1.29, 1.82) is 0 Å². The minimum Gasteiger partial charge on any atom is -0.394 e. The molecule has 1 aromatic heterocycles. The van der Waals surface area contributed by atoms with E-state index in [4.69, 9.17) is 28.9 Å². The minimum absolute atomic E-state index is 0.167. The van der Waals surface area contributed by atoms with Crippen molar-refractivity contribution >= 4 is 35.7 Å². The molecule has 8 heteroatoms. The summed E-state index contributed by atoms with van der Waals surface area (Å²) in [4.78, 5) is 19.0. The highest BCUT2D eigenvalue weighted by molar-refractivity contribution is 7.71. The molecule has 0 aliphatic heterocycles. The average Bonchev–Trinajstić information content (AvgIpc) is 2.61. The van der Waals surface area contributed by atoms with Crippen molar-refractivity contribution in [1.82, 2.24) is 15.2 Å². The molecule has 3 N–H and O–H groups in total. The van der Waals surface area contributed by atoms with Crippen molar-refractivity contribution in [3.05, 3.63) is 74.2 Å². The Hall–Kier alpha value is -2.61. The van der Waals surface area contributed by atoms with Crippen molar-refractivity contribution in [3.8, 4) is 11.3 Å². The Balaban J connectivity index is 0.000000596. The lowest BCUT2D eigenvalue weighted by atomic mass is 10.1. The Morgan fingerprint density at radius 3 is 2.44 bits per heavy atom. The van der Waals surface area contributed by atoms with Gasteiger partial charge in [0.05, 0.1) is 5.69 Å². The highest BCUT2D eigenvalue weighted by Crippen LogP contribution is 2.26. The number of aromatic amines is 2. The molecule has 0 saturated heterocycles. The quantitative estimate of drug-likeness (QED) is 0.450. The minimum atomic E-state index is -0.358. The van der Waals surface area contributed by atoms with Crippen molar-refractivity contribution in [2.24, 2.45) is 4.99 Å². The SMILES string of the molecule is CC(C)O.O=c1[nH]c(=S)[nH]nc1-c1ccccc1N=Cc1ccc(Cl)cc1. The van der Waals surface area contributed by atoms with Crippen LogP contribution in [0.5, 0.6) is 0 Å². The van der Waals surface area contributed by atoms with E-state index in [1.807, 2.05) is 30.3 Å². The molecule has 140 valence electrons. The van der Waals surface area contributed by atoms with Crippen LogP contribution in [0.3, 0.4) is 0 Å². The van der Waals surface area contributed by atoms with Gasteiger partial charge in [-0.25, -0.2) is 0 Å². The smallest absolute Gasteiger partial charge is 0.278 e. The van der Waals surface area contributed by atoms with E-state index in [1.54, 1.807) is 38.3 Å². The number of rotatable bonds is 3. The van der Waals surface area contributed by atoms with Gasteiger partial charge in [0.25, 0.3) is 5.56 Å². The summed E-state index contributed by atoms with van der Waals surface area (Å²) in [6.07, 6.45) is 1.54. The van der Waals surface area contributed by atoms with E-state index in [9.17, 15) is 4.79 Å². The van der Waals surface area contributed by atoms with E-state index < -0.39 is 0 Å². The van der Waals surface area contributed by atoms with Crippen LogP contribution in [0, 0.1) is 4.77 Å². The maximum absolute atomic E-state index is 12.0. The summed E-state index contributed by atoms with van der Waals surface area (Å²) in [6.45, 7) is 3.44. The lowest BCUT2D eigenvalue weighted by Crippen LogP contribution is -2.12. The summed E-state index contributed by atoms with van der Waals surface area (Å²) in [5.74, 6) is 0. The molecule has 0 aliphatic carbocycles. The molecule has 0 aliphatic rings. The van der Waals surface area contributed by atoms with Crippen LogP contribution >= 0.6 is 23.8 Å². The Morgan fingerprint density at radius 2 is 1.81 bits per heavy atom. The van der Waals surface area contributed by atoms with Crippen molar-refractivity contribution in [2.75, 3.05) is 0 Å². The van der Waals surface area contributed by atoms with E-state index in [2.05, 4.69) is 20.2 Å². The Morgan fingerprint density at radius 1 is 1.19 bits per heavy atom. The first-order chi connectivity index (χ1) is 12.9. The van der Waals surface area contributed by atoms with Gasteiger partial charge in [0.2, 0.25) is 0 Å². The zero-order valence-electron chi connectivity index (χ0n) is 14.8. The molecule has 0 bridgehead atoms. The van der Waals surface area contributed by atoms with Crippen LogP contribution in [-0.4, -0.2) is 32.6 Å². The molecule has 1 heterocycles. The van der Waals surface area contributed by atoms with Crippen LogP contribution in [0.2, 0.25) is 5.02 Å². The zero-order valence-corrected chi connectivity index (χ0v) is 16.4. The summed E-state index contributed by atoms with van der Waals surface area (Å²) in [5, 5.41) is 15.3. The van der Waals surface area contributed by atoms with Gasteiger partial charge in [-0.15, -0.1) is 0 Å². The van der Waals surface area contributed by atoms with Gasteiger partial charge in [0, 0.05) is 22.9 Å². The van der Waals surface area contributed by atoms with Gasteiger partial charge in [-0.2, -0.15) is 5.10 Å². The second kappa shape index (κ2) is 9.91. The highest BCUT2D eigenvalue weighted by Gasteiger charge is 2.09. The van der Waals surface area contributed by atoms with Gasteiger partial charge in [-0.1, -0.05) is 41.9 Å². The number of aliphatic imine (C=N–C) groups is 1. The first kappa shape index (κ1) is 20.7. The molecule has 3 rings (SSSR count). The Labute approximate surface area is 166 Å². The van der Waals surface area contributed by atoms with Gasteiger partial charge < -0.3 is 5.11 Å². The predicted octanol–water partition coefficient (Wildman–Crippen LogP) is 4.29. The van der Waals surface area contributed by atoms with Gasteiger partial charge >= 0.3 is 0 Å². The van der Waals surface area contributed by atoms with Crippen molar-refractivity contribution in [3.63, 3.8) is 0 Å². The van der Waals surface area contributed by atoms with E-state index in [0.717, 1.165) is 5.56 Å². The third kappa shape index (κ3) is 6.56. The summed E-state index contributed by atoms with van der Waals surface area (Å²) in [5.41, 5.74) is 2.03. The second-order valence-electron chi connectivity index (χ2n) is 5.78. The monoisotopic (exact) mass is 402 g/mol. The van der Waals surface area contributed by atoms with Crippen LogP contribution < -0.4 is 5.56 Å². The highest BCUT2D eigenvalue weighted by atomic mass is 35.5. The lowest BCUT2D eigenvalue weighted by molar-refractivity contribution is 0.216. The van der Waals surface area contributed by atoms with E-state index in [-0.39, 0.29) is 22.1 Å². The molecule has 27 heavy (non-hydrogen) atoms. The Kier molecular flexibility index (Phi) is 7.60. The summed E-state index contributed by atoms with van der Waals surface area (Å²) < 4.78 is 0.181. The molecule has 0 fully saturated rings. The first-order valence-electron chi connectivity index (χ1n) is 8.13. The molecular weight excluding hydrogens is 384 g/mol. The molecule has 0 unspecified atom stereocenters. The van der Waals surface area contributed by atoms with Gasteiger partial charge in [-0.05, 0) is 49.8 Å². The summed E-state index contributed by atoms with van der Waals surface area (Å²) in [7, 11) is 0. The zero-order chi connectivity index (χ0) is 19.8. The van der Waals surface area contributed by atoms with E-state index in [1.165, 1.54) is 0 Å². The maximum atomic E-state index is 12.0. The molecule has 6 nitrogen and oxygen atoms in total. The fourth-order valence-electron chi connectivity index (χ4n) is 2.01. The number of aromatic nitrogens is 3. The summed E-state index contributed by atoms with van der Waals surface area (Å²) >= 11 is 10.7. The van der Waals surface area contributed by atoms with E-state index in [0.29, 0.717) is 16.3 Å². The number of nitrogens with zero attached hydrogens (tertiary/aromatic N) is 2. The van der Waals surface area contributed by atoms with Gasteiger partial charge in [0.15, 0.2) is 10.5 Å². The lowest BCUT2D eigenvalue weighted by Gasteiger charge is -2.03. The molecule has 2 aromatic carbocycles. The molecule has 0 atom stereocenters. The molecule has 0 amide bonds. The topological polar surface area (TPSA) is 94.1 Å². The normalized spacial score (nSPS) is 10.7. The van der Waals surface area contributed by atoms with Gasteiger partial charge in [0.1, 0.15) is 0 Å². The maximum Gasteiger partial charge on any atom is 0.278 e. The molecule has 0 radical (unpaired) electrons. The van der Waals surface area contributed by atoms with Crippen molar-refractivity contribution in [2.45, 2.75) is 20.0 Å². The van der Waals surface area contributed by atoms with Crippen molar-refractivity contribution < 1.29 is 5.11 Å². The van der Waals surface area contributed by atoms with Gasteiger partial charge in [-0.3, -0.25) is 19.9 Å².